The average Bonchev–Trinajstić information content (AvgIpc) is 2.95. The number of thiazole rings is 1. The molecule has 2 aromatic heterocycles. The van der Waals surface area contributed by atoms with E-state index < -0.39 is 0 Å². The molecule has 0 fully saturated rings. The summed E-state index contributed by atoms with van der Waals surface area (Å²) in [6, 6.07) is 1.40. The van der Waals surface area contributed by atoms with Crippen LogP contribution in [0.5, 0.6) is 0 Å². The molecular formula is C14H20N4O2S. The SMILES string of the molecule is Cc1cc(NC(=O)C(C)NC(C)c2sc(C)nc2C)no1. The van der Waals surface area contributed by atoms with Crippen LogP contribution in [0.4, 0.5) is 5.82 Å². The summed E-state index contributed by atoms with van der Waals surface area (Å²) >= 11 is 1.65. The van der Waals surface area contributed by atoms with Crippen LogP contribution in [0.15, 0.2) is 10.6 Å². The molecule has 0 saturated carbocycles. The molecular weight excluding hydrogens is 288 g/mol. The molecule has 21 heavy (non-hydrogen) atoms. The van der Waals surface area contributed by atoms with Gasteiger partial charge in [0.05, 0.1) is 16.7 Å². The first-order chi connectivity index (χ1) is 9.86. The van der Waals surface area contributed by atoms with Gasteiger partial charge in [0.1, 0.15) is 5.76 Å². The summed E-state index contributed by atoms with van der Waals surface area (Å²) in [4.78, 5) is 17.7. The molecule has 6 nitrogen and oxygen atoms in total. The molecule has 0 aliphatic rings. The van der Waals surface area contributed by atoms with E-state index in [-0.39, 0.29) is 18.0 Å². The van der Waals surface area contributed by atoms with Crippen molar-refractivity contribution >= 4 is 23.1 Å². The number of aromatic nitrogens is 2. The molecule has 2 N–H and O–H groups in total. The van der Waals surface area contributed by atoms with E-state index in [0.717, 1.165) is 15.6 Å². The largest absolute Gasteiger partial charge is 0.360 e. The lowest BCUT2D eigenvalue weighted by Gasteiger charge is -2.18. The fourth-order valence-corrected chi connectivity index (χ4v) is 3.07. The van der Waals surface area contributed by atoms with Gasteiger partial charge in [0, 0.05) is 17.0 Å². The van der Waals surface area contributed by atoms with Crippen LogP contribution in [0.2, 0.25) is 0 Å². The molecule has 2 heterocycles. The quantitative estimate of drug-likeness (QED) is 0.887. The second kappa shape index (κ2) is 6.36. The van der Waals surface area contributed by atoms with Gasteiger partial charge in [0.25, 0.3) is 0 Å². The molecule has 0 aliphatic heterocycles. The Labute approximate surface area is 127 Å². The fourth-order valence-electron chi connectivity index (χ4n) is 2.13. The van der Waals surface area contributed by atoms with Crippen LogP contribution >= 0.6 is 11.3 Å². The standard InChI is InChI=1S/C14H20N4O2S/c1-7-6-12(18-20-7)17-14(19)10(4)15-8(2)13-9(3)16-11(5)21-13/h6,8,10,15H,1-5H3,(H,17,18,19). The predicted molar refractivity (Wildman–Crippen MR) is 82.5 cm³/mol. The third kappa shape index (κ3) is 3.89. The Balaban J connectivity index is 1.95. The number of amides is 1. The molecule has 114 valence electrons. The van der Waals surface area contributed by atoms with Crippen LogP contribution in [-0.2, 0) is 4.79 Å². The molecule has 2 rings (SSSR count). The predicted octanol–water partition coefficient (Wildman–Crippen LogP) is 2.73. The second-order valence-electron chi connectivity index (χ2n) is 5.10. The lowest BCUT2D eigenvalue weighted by molar-refractivity contribution is -0.118. The van der Waals surface area contributed by atoms with E-state index in [4.69, 9.17) is 4.52 Å². The lowest BCUT2D eigenvalue weighted by Crippen LogP contribution is -2.39. The first-order valence-electron chi connectivity index (χ1n) is 6.81. The van der Waals surface area contributed by atoms with Crippen molar-refractivity contribution in [2.24, 2.45) is 0 Å². The highest BCUT2D eigenvalue weighted by atomic mass is 32.1. The minimum Gasteiger partial charge on any atom is -0.360 e. The highest BCUT2D eigenvalue weighted by Gasteiger charge is 2.20. The maximum Gasteiger partial charge on any atom is 0.242 e. The number of nitrogens with one attached hydrogen (secondary N) is 2. The van der Waals surface area contributed by atoms with Gasteiger partial charge in [-0.1, -0.05) is 5.16 Å². The molecule has 0 aromatic carbocycles. The third-order valence-corrected chi connectivity index (χ3v) is 4.36. The number of hydrogen-bond donors (Lipinski definition) is 2. The number of aryl methyl sites for hydroxylation is 3. The van der Waals surface area contributed by atoms with Crippen molar-refractivity contribution in [1.82, 2.24) is 15.5 Å². The van der Waals surface area contributed by atoms with Crippen LogP contribution < -0.4 is 10.6 Å². The molecule has 2 unspecified atom stereocenters. The zero-order valence-corrected chi connectivity index (χ0v) is 13.7. The monoisotopic (exact) mass is 308 g/mol. The van der Waals surface area contributed by atoms with Crippen molar-refractivity contribution in [3.05, 3.63) is 27.4 Å². The third-order valence-electron chi connectivity index (χ3n) is 3.11. The number of hydrogen-bond acceptors (Lipinski definition) is 6. The normalized spacial score (nSPS) is 14.0. The van der Waals surface area contributed by atoms with Crippen molar-refractivity contribution in [3.8, 4) is 0 Å². The van der Waals surface area contributed by atoms with E-state index in [2.05, 4.69) is 20.8 Å². The Hall–Kier alpha value is -1.73. The summed E-state index contributed by atoms with van der Waals surface area (Å²) in [5.41, 5.74) is 1.01. The van der Waals surface area contributed by atoms with Gasteiger partial charge in [-0.3, -0.25) is 10.1 Å². The van der Waals surface area contributed by atoms with E-state index in [1.54, 1.807) is 24.3 Å². The first kappa shape index (κ1) is 15.7. The molecule has 2 atom stereocenters. The van der Waals surface area contributed by atoms with Gasteiger partial charge in [0.15, 0.2) is 5.82 Å². The first-order valence-corrected chi connectivity index (χ1v) is 7.62. The van der Waals surface area contributed by atoms with Gasteiger partial charge in [0.2, 0.25) is 5.91 Å². The number of anilines is 1. The zero-order chi connectivity index (χ0) is 15.6. The maximum atomic E-state index is 12.1. The van der Waals surface area contributed by atoms with E-state index in [1.165, 1.54) is 0 Å². The van der Waals surface area contributed by atoms with Crippen LogP contribution in [0, 0.1) is 20.8 Å². The number of rotatable bonds is 5. The van der Waals surface area contributed by atoms with Gasteiger partial charge in [-0.25, -0.2) is 4.98 Å². The van der Waals surface area contributed by atoms with Crippen LogP contribution in [0.25, 0.3) is 0 Å². The maximum absolute atomic E-state index is 12.1. The van der Waals surface area contributed by atoms with Gasteiger partial charge in [-0.2, -0.15) is 0 Å². The van der Waals surface area contributed by atoms with Gasteiger partial charge in [-0.05, 0) is 34.6 Å². The highest BCUT2D eigenvalue weighted by Crippen LogP contribution is 2.24. The Morgan fingerprint density at radius 3 is 2.57 bits per heavy atom. The molecule has 2 aromatic rings. The molecule has 0 aliphatic carbocycles. The van der Waals surface area contributed by atoms with E-state index in [9.17, 15) is 4.79 Å². The van der Waals surface area contributed by atoms with Gasteiger partial charge < -0.3 is 9.84 Å². The Kier molecular flexibility index (Phi) is 4.74. The van der Waals surface area contributed by atoms with Crippen molar-refractivity contribution in [2.75, 3.05) is 5.32 Å². The topological polar surface area (TPSA) is 80.0 Å². The smallest absolute Gasteiger partial charge is 0.242 e. The minimum atomic E-state index is -0.348. The lowest BCUT2D eigenvalue weighted by atomic mass is 10.2. The number of nitrogens with zero attached hydrogens (tertiary/aromatic N) is 2. The molecule has 0 saturated heterocycles. The van der Waals surface area contributed by atoms with E-state index >= 15 is 0 Å². The summed E-state index contributed by atoms with van der Waals surface area (Å²) in [7, 11) is 0. The molecule has 0 radical (unpaired) electrons. The summed E-state index contributed by atoms with van der Waals surface area (Å²) in [6.07, 6.45) is 0. The van der Waals surface area contributed by atoms with Gasteiger partial charge in [-0.15, -0.1) is 11.3 Å². The van der Waals surface area contributed by atoms with Crippen molar-refractivity contribution < 1.29 is 9.32 Å². The Bertz CT molecular complexity index is 635. The fraction of sp³-hybridized carbons (Fsp3) is 0.500. The summed E-state index contributed by atoms with van der Waals surface area (Å²) in [6.45, 7) is 9.60. The van der Waals surface area contributed by atoms with Gasteiger partial charge >= 0.3 is 0 Å². The molecule has 0 spiro atoms. The second-order valence-corrected chi connectivity index (χ2v) is 6.34. The van der Waals surface area contributed by atoms with E-state index in [1.807, 2.05) is 27.7 Å². The summed E-state index contributed by atoms with van der Waals surface area (Å²) in [5.74, 6) is 0.952. The zero-order valence-electron chi connectivity index (χ0n) is 12.9. The van der Waals surface area contributed by atoms with Crippen LogP contribution in [-0.4, -0.2) is 22.1 Å². The molecule has 7 heteroatoms. The van der Waals surface area contributed by atoms with Crippen molar-refractivity contribution in [1.29, 1.82) is 0 Å². The van der Waals surface area contributed by atoms with Crippen LogP contribution in [0.1, 0.15) is 41.2 Å². The number of carbonyl (C=O) groups excluding carboxylic acids is 1. The van der Waals surface area contributed by atoms with Crippen molar-refractivity contribution in [3.63, 3.8) is 0 Å². The molecule has 1 amide bonds. The Morgan fingerprint density at radius 1 is 1.33 bits per heavy atom. The number of carbonyl (C=O) groups is 1. The van der Waals surface area contributed by atoms with E-state index in [0.29, 0.717) is 11.6 Å². The minimum absolute atomic E-state index is 0.0657. The average molecular weight is 308 g/mol. The van der Waals surface area contributed by atoms with Crippen LogP contribution in [0.3, 0.4) is 0 Å². The van der Waals surface area contributed by atoms with Crippen molar-refractivity contribution in [2.45, 2.75) is 46.7 Å². The summed E-state index contributed by atoms with van der Waals surface area (Å²) in [5, 5.41) is 10.8. The Morgan fingerprint density at radius 2 is 2.05 bits per heavy atom. The molecule has 0 bridgehead atoms. The summed E-state index contributed by atoms with van der Waals surface area (Å²) < 4.78 is 4.92. The highest BCUT2D eigenvalue weighted by molar-refractivity contribution is 7.11.